The van der Waals surface area contributed by atoms with Crippen molar-refractivity contribution in [2.75, 3.05) is 19.6 Å². The second-order valence-corrected chi connectivity index (χ2v) is 5.49. The van der Waals surface area contributed by atoms with Crippen molar-refractivity contribution in [2.45, 2.75) is 38.9 Å². The van der Waals surface area contributed by atoms with Crippen LogP contribution in [0.25, 0.3) is 0 Å². The molecule has 1 aliphatic heterocycles. The lowest BCUT2D eigenvalue weighted by Gasteiger charge is -2.31. The molecule has 1 saturated heterocycles. The summed E-state index contributed by atoms with van der Waals surface area (Å²) in [4.78, 5) is 2.15. The van der Waals surface area contributed by atoms with Crippen LogP contribution in [-0.4, -0.2) is 40.9 Å². The summed E-state index contributed by atoms with van der Waals surface area (Å²) in [7, 11) is 0. The van der Waals surface area contributed by atoms with Gasteiger partial charge in [-0.15, -0.1) is 0 Å². The highest BCUT2D eigenvalue weighted by molar-refractivity contribution is 5.30. The summed E-state index contributed by atoms with van der Waals surface area (Å²) in [6.07, 6.45) is 1.20. The molecule has 0 radical (unpaired) electrons. The Balaban J connectivity index is 2.00. The normalized spacial score (nSPS) is 23.0. The van der Waals surface area contributed by atoms with E-state index in [9.17, 15) is 10.2 Å². The number of aliphatic hydroxyl groups is 2. The average Bonchev–Trinajstić information content (AvgIpc) is 2.27. The smallest absolute Gasteiger partial charge is 0.0917 e. The van der Waals surface area contributed by atoms with E-state index in [0.717, 1.165) is 24.9 Å². The van der Waals surface area contributed by atoms with Gasteiger partial charge in [-0.25, -0.2) is 0 Å². The zero-order valence-electron chi connectivity index (χ0n) is 11.3. The van der Waals surface area contributed by atoms with Gasteiger partial charge in [-0.05, 0) is 38.8 Å². The molecule has 0 spiro atoms. The van der Waals surface area contributed by atoms with E-state index in [2.05, 4.69) is 11.0 Å². The fraction of sp³-hybridized carbons (Fsp3) is 0.600. The van der Waals surface area contributed by atoms with Gasteiger partial charge in [-0.3, -0.25) is 4.90 Å². The maximum Gasteiger partial charge on any atom is 0.0917 e. The fourth-order valence-corrected chi connectivity index (χ4v) is 2.75. The van der Waals surface area contributed by atoms with Crippen LogP contribution in [0.4, 0.5) is 0 Å². The Kier molecular flexibility index (Phi) is 4.38. The topological polar surface area (TPSA) is 43.7 Å². The van der Waals surface area contributed by atoms with Crippen molar-refractivity contribution in [1.82, 2.24) is 4.90 Å². The Morgan fingerprint density at radius 2 is 1.94 bits per heavy atom. The second kappa shape index (κ2) is 5.83. The summed E-state index contributed by atoms with van der Waals surface area (Å²) >= 11 is 0. The highest BCUT2D eigenvalue weighted by Gasteiger charge is 2.20. The highest BCUT2D eigenvalue weighted by Crippen LogP contribution is 2.20. The summed E-state index contributed by atoms with van der Waals surface area (Å²) in [6, 6.07) is 6.19. The van der Waals surface area contributed by atoms with Crippen LogP contribution in [0, 0.1) is 13.8 Å². The summed E-state index contributed by atoms with van der Waals surface area (Å²) < 4.78 is 0. The summed E-state index contributed by atoms with van der Waals surface area (Å²) in [5.74, 6) is 0. The number of hydrogen-bond acceptors (Lipinski definition) is 3. The quantitative estimate of drug-likeness (QED) is 0.858. The van der Waals surface area contributed by atoms with E-state index < -0.39 is 6.10 Å². The van der Waals surface area contributed by atoms with E-state index in [-0.39, 0.29) is 6.10 Å². The van der Waals surface area contributed by atoms with Crippen molar-refractivity contribution >= 4 is 0 Å². The molecule has 100 valence electrons. The number of hydrogen-bond donors (Lipinski definition) is 2. The molecule has 1 aromatic rings. The first-order valence-electron chi connectivity index (χ1n) is 6.71. The Morgan fingerprint density at radius 1 is 1.28 bits per heavy atom. The van der Waals surface area contributed by atoms with Crippen LogP contribution in [0.5, 0.6) is 0 Å². The van der Waals surface area contributed by atoms with Gasteiger partial charge in [0.25, 0.3) is 0 Å². The van der Waals surface area contributed by atoms with Gasteiger partial charge in [0.15, 0.2) is 0 Å². The van der Waals surface area contributed by atoms with Crippen LogP contribution >= 0.6 is 0 Å². The minimum Gasteiger partial charge on any atom is -0.392 e. The molecular formula is C15H23NO2. The standard InChI is InChI=1S/C15H23NO2/c1-11-6-12(2)8-13(7-11)15(18)10-16-5-3-4-14(17)9-16/h6-8,14-15,17-18H,3-5,9-10H2,1-2H3. The van der Waals surface area contributed by atoms with Gasteiger partial charge >= 0.3 is 0 Å². The molecule has 18 heavy (non-hydrogen) atoms. The first-order chi connectivity index (χ1) is 8.54. The average molecular weight is 249 g/mol. The first-order valence-corrected chi connectivity index (χ1v) is 6.71. The van der Waals surface area contributed by atoms with Gasteiger partial charge in [-0.1, -0.05) is 29.3 Å². The highest BCUT2D eigenvalue weighted by atomic mass is 16.3. The van der Waals surface area contributed by atoms with Gasteiger partial charge in [0, 0.05) is 13.1 Å². The summed E-state index contributed by atoms with van der Waals surface area (Å²) in [5, 5.41) is 19.9. The van der Waals surface area contributed by atoms with E-state index in [1.165, 1.54) is 11.1 Å². The molecule has 0 amide bonds. The molecule has 1 aromatic carbocycles. The molecule has 0 aromatic heterocycles. The Labute approximate surface area is 109 Å². The number of nitrogens with zero attached hydrogens (tertiary/aromatic N) is 1. The monoisotopic (exact) mass is 249 g/mol. The molecule has 2 N–H and O–H groups in total. The lowest BCUT2D eigenvalue weighted by Crippen LogP contribution is -2.40. The second-order valence-electron chi connectivity index (χ2n) is 5.49. The van der Waals surface area contributed by atoms with Crippen molar-refractivity contribution in [3.63, 3.8) is 0 Å². The number of piperidine rings is 1. The van der Waals surface area contributed by atoms with Crippen molar-refractivity contribution in [1.29, 1.82) is 0 Å². The molecule has 3 heteroatoms. The SMILES string of the molecule is Cc1cc(C)cc(C(O)CN2CCCC(O)C2)c1. The van der Waals surface area contributed by atoms with Gasteiger partial charge in [0.2, 0.25) is 0 Å². The molecule has 2 atom stereocenters. The van der Waals surface area contributed by atoms with E-state index in [1.54, 1.807) is 0 Å². The number of rotatable bonds is 3. The van der Waals surface area contributed by atoms with Gasteiger partial charge < -0.3 is 10.2 Å². The number of aliphatic hydroxyl groups excluding tert-OH is 2. The molecule has 1 aliphatic rings. The van der Waals surface area contributed by atoms with Gasteiger partial charge in [-0.2, -0.15) is 0 Å². The Hall–Kier alpha value is -0.900. The molecule has 0 aliphatic carbocycles. The predicted molar refractivity (Wildman–Crippen MR) is 72.6 cm³/mol. The molecule has 2 rings (SSSR count). The maximum absolute atomic E-state index is 10.3. The summed E-state index contributed by atoms with van der Waals surface area (Å²) in [5.41, 5.74) is 3.35. The summed E-state index contributed by atoms with van der Waals surface area (Å²) in [6.45, 7) is 6.36. The van der Waals surface area contributed by atoms with E-state index in [0.29, 0.717) is 13.1 Å². The molecule has 1 heterocycles. The van der Waals surface area contributed by atoms with E-state index in [1.807, 2.05) is 26.0 Å². The molecular weight excluding hydrogens is 226 g/mol. The fourth-order valence-electron chi connectivity index (χ4n) is 2.75. The van der Waals surface area contributed by atoms with E-state index in [4.69, 9.17) is 0 Å². The predicted octanol–water partition coefficient (Wildman–Crippen LogP) is 1.79. The van der Waals surface area contributed by atoms with Crippen molar-refractivity contribution in [3.8, 4) is 0 Å². The minimum atomic E-state index is -0.464. The maximum atomic E-state index is 10.3. The Morgan fingerprint density at radius 3 is 2.56 bits per heavy atom. The molecule has 1 fully saturated rings. The largest absolute Gasteiger partial charge is 0.392 e. The molecule has 2 unspecified atom stereocenters. The lowest BCUT2D eigenvalue weighted by atomic mass is 10.0. The van der Waals surface area contributed by atoms with Crippen LogP contribution in [0.1, 0.15) is 35.6 Å². The number of aryl methyl sites for hydroxylation is 2. The number of benzene rings is 1. The van der Waals surface area contributed by atoms with Crippen LogP contribution in [0.3, 0.4) is 0 Å². The molecule has 0 saturated carbocycles. The lowest BCUT2D eigenvalue weighted by molar-refractivity contribution is 0.0392. The van der Waals surface area contributed by atoms with Crippen molar-refractivity contribution in [3.05, 3.63) is 34.9 Å². The van der Waals surface area contributed by atoms with Gasteiger partial charge in [0.05, 0.1) is 12.2 Å². The number of likely N-dealkylation sites (tertiary alicyclic amines) is 1. The van der Waals surface area contributed by atoms with Crippen LogP contribution in [0.15, 0.2) is 18.2 Å². The van der Waals surface area contributed by atoms with Crippen molar-refractivity contribution < 1.29 is 10.2 Å². The third-order valence-corrected chi connectivity index (χ3v) is 3.54. The molecule has 3 nitrogen and oxygen atoms in total. The third-order valence-electron chi connectivity index (χ3n) is 3.54. The van der Waals surface area contributed by atoms with Crippen LogP contribution < -0.4 is 0 Å². The number of β-amino-alcohol motifs (C(OH)–C–C–N with tert-alkyl or cyclic N) is 2. The minimum absolute atomic E-state index is 0.231. The zero-order valence-corrected chi connectivity index (χ0v) is 11.3. The molecule has 0 bridgehead atoms. The first kappa shape index (κ1) is 13.5. The Bertz CT molecular complexity index is 385. The van der Waals surface area contributed by atoms with Crippen molar-refractivity contribution in [2.24, 2.45) is 0 Å². The van der Waals surface area contributed by atoms with E-state index >= 15 is 0 Å². The zero-order chi connectivity index (χ0) is 13.1. The van der Waals surface area contributed by atoms with Gasteiger partial charge in [0.1, 0.15) is 0 Å². The van der Waals surface area contributed by atoms with Crippen LogP contribution in [-0.2, 0) is 0 Å². The van der Waals surface area contributed by atoms with Crippen LogP contribution in [0.2, 0.25) is 0 Å². The third kappa shape index (κ3) is 3.55.